The summed E-state index contributed by atoms with van der Waals surface area (Å²) in [4.78, 5) is 29.6. The minimum atomic E-state index is -4.84. The van der Waals surface area contributed by atoms with Crippen LogP contribution in [0.5, 0.6) is 5.75 Å². The van der Waals surface area contributed by atoms with Crippen LogP contribution >= 0.6 is 0 Å². The topological polar surface area (TPSA) is 110 Å². The first kappa shape index (κ1) is 28.2. The Morgan fingerprint density at radius 3 is 2.73 bits per heavy atom. The van der Waals surface area contributed by atoms with Crippen LogP contribution in [-0.4, -0.2) is 53.6 Å². The molecule has 0 bridgehead atoms. The van der Waals surface area contributed by atoms with Crippen LogP contribution in [0.1, 0.15) is 61.8 Å². The fourth-order valence-corrected chi connectivity index (χ4v) is 5.58. The number of aromatic nitrogens is 1. The van der Waals surface area contributed by atoms with Gasteiger partial charge in [-0.05, 0) is 86.6 Å². The van der Waals surface area contributed by atoms with Crippen LogP contribution in [0.25, 0.3) is 0 Å². The highest BCUT2D eigenvalue weighted by atomic mass is 19.4. The van der Waals surface area contributed by atoms with Gasteiger partial charge in [0.1, 0.15) is 17.6 Å². The maximum atomic E-state index is 13.0. The first-order valence-corrected chi connectivity index (χ1v) is 13.9. The molecule has 0 saturated heterocycles. The summed E-state index contributed by atoms with van der Waals surface area (Å²) >= 11 is 0. The second kappa shape index (κ2) is 11.6. The monoisotopic (exact) mass is 561 g/mol. The zero-order chi connectivity index (χ0) is 28.3. The Bertz CT molecular complexity index is 1230. The first-order valence-electron chi connectivity index (χ1n) is 13.9. The highest BCUT2D eigenvalue weighted by molar-refractivity contribution is 5.94. The third-order valence-corrected chi connectivity index (χ3v) is 8.12. The van der Waals surface area contributed by atoms with Crippen molar-refractivity contribution in [3.05, 3.63) is 53.2 Å². The molecule has 11 heteroatoms. The quantitative estimate of drug-likeness (QED) is 0.343. The van der Waals surface area contributed by atoms with Crippen LogP contribution in [-0.2, 0) is 32.6 Å². The molecule has 0 radical (unpaired) electrons. The summed E-state index contributed by atoms with van der Waals surface area (Å²) in [5, 5.41) is 15.6. The molecule has 3 N–H and O–H groups in total. The number of aliphatic carboxylic acids is 1. The molecular formula is C29H34F3N3O5. The van der Waals surface area contributed by atoms with Crippen molar-refractivity contribution in [3.8, 4) is 5.75 Å². The molecule has 2 heterocycles. The molecule has 1 unspecified atom stereocenters. The van der Waals surface area contributed by atoms with E-state index in [1.807, 2.05) is 0 Å². The Labute approximate surface area is 230 Å². The predicted octanol–water partition coefficient (Wildman–Crippen LogP) is 4.76. The van der Waals surface area contributed by atoms with E-state index in [2.05, 4.69) is 27.5 Å². The smallest absolute Gasteiger partial charge is 0.480 e. The summed E-state index contributed by atoms with van der Waals surface area (Å²) in [7, 11) is 0. The lowest BCUT2D eigenvalue weighted by molar-refractivity contribution is -0.274. The molecule has 1 amide bonds. The van der Waals surface area contributed by atoms with Crippen LogP contribution in [0.15, 0.2) is 36.4 Å². The molecule has 216 valence electrons. The van der Waals surface area contributed by atoms with Crippen molar-refractivity contribution in [3.63, 3.8) is 0 Å². The van der Waals surface area contributed by atoms with Crippen molar-refractivity contribution >= 4 is 17.7 Å². The second-order valence-corrected chi connectivity index (χ2v) is 11.0. The fourth-order valence-electron chi connectivity index (χ4n) is 5.58. The fraction of sp³-hybridized carbons (Fsp3) is 0.552. The van der Waals surface area contributed by atoms with Gasteiger partial charge in [-0.25, -0.2) is 9.78 Å². The number of fused-ring (bicyclic) bond motifs is 1. The summed E-state index contributed by atoms with van der Waals surface area (Å²) in [6.45, 7) is 1.15. The van der Waals surface area contributed by atoms with Crippen LogP contribution in [0.4, 0.5) is 19.0 Å². The van der Waals surface area contributed by atoms with Gasteiger partial charge in [0, 0.05) is 25.3 Å². The van der Waals surface area contributed by atoms with Gasteiger partial charge in [-0.15, -0.1) is 13.2 Å². The third-order valence-electron chi connectivity index (χ3n) is 8.12. The zero-order valence-electron chi connectivity index (χ0n) is 22.1. The Kier molecular flexibility index (Phi) is 8.21. The summed E-state index contributed by atoms with van der Waals surface area (Å²) in [6.07, 6.45) is 2.11. The highest BCUT2D eigenvalue weighted by Gasteiger charge is 2.52. The van der Waals surface area contributed by atoms with Gasteiger partial charge in [0.2, 0.25) is 5.91 Å². The number of hydrogen-bond acceptors (Lipinski definition) is 6. The van der Waals surface area contributed by atoms with Gasteiger partial charge in [0.25, 0.3) is 0 Å². The number of pyridine rings is 1. The van der Waals surface area contributed by atoms with Crippen LogP contribution < -0.4 is 15.4 Å². The van der Waals surface area contributed by atoms with Crippen LogP contribution in [0, 0.1) is 5.92 Å². The van der Waals surface area contributed by atoms with Gasteiger partial charge in [0.05, 0.1) is 11.5 Å². The molecule has 2 aliphatic carbocycles. The molecular weight excluding hydrogens is 527 g/mol. The number of carboxylic acid groups (broad SMARTS) is 1. The average molecular weight is 562 g/mol. The molecule has 1 aromatic heterocycles. The number of carbonyl (C=O) groups excluding carboxylic acids is 1. The van der Waals surface area contributed by atoms with Gasteiger partial charge in [-0.2, -0.15) is 0 Å². The molecule has 2 saturated carbocycles. The number of carbonyl (C=O) groups is 2. The molecule has 5 rings (SSSR count). The maximum absolute atomic E-state index is 13.0. The van der Waals surface area contributed by atoms with Gasteiger partial charge >= 0.3 is 12.3 Å². The number of carboxylic acids is 1. The number of halogens is 3. The predicted molar refractivity (Wildman–Crippen MR) is 140 cm³/mol. The number of amides is 1. The first-order chi connectivity index (χ1) is 19.1. The number of nitrogens with zero attached hydrogens (tertiary/aromatic N) is 1. The SMILES string of the molecule is O=C(O)C(CCO[C@H]1C[C@H](CCc2ccc3c(n2)NCCC3)C1)NC(=O)C1(c2cccc(OC(F)(F)F)c2)CC1. The number of rotatable bonds is 12. The number of ether oxygens (including phenoxy) is 2. The van der Waals surface area contributed by atoms with Crippen molar-refractivity contribution in [2.75, 3.05) is 18.5 Å². The summed E-state index contributed by atoms with van der Waals surface area (Å²) in [6, 6.07) is 8.41. The van der Waals surface area contributed by atoms with E-state index < -0.39 is 35.4 Å². The lowest BCUT2D eigenvalue weighted by atomic mass is 9.79. The maximum Gasteiger partial charge on any atom is 0.573 e. The van der Waals surface area contributed by atoms with Crippen molar-refractivity contribution in [2.45, 2.75) is 81.7 Å². The van der Waals surface area contributed by atoms with E-state index in [0.29, 0.717) is 24.3 Å². The molecule has 1 aliphatic heterocycles. The number of aryl methyl sites for hydroxylation is 2. The standard InChI is InChI=1S/C29H34F3N3O5/c30-29(31,32)40-22-5-1-4-20(17-22)28(11-12-28)27(38)35-24(26(36)37)10-14-39-23-15-18(16-23)6-8-21-9-7-19-3-2-13-33-25(19)34-21/h1,4-5,7,9,17-18,23-24H,2-3,6,8,10-16H2,(H,33,34)(H,35,38)(H,36,37)/t18-,23-,24?. The normalized spacial score (nSPS) is 21.8. The lowest BCUT2D eigenvalue weighted by Gasteiger charge is -2.35. The largest absolute Gasteiger partial charge is 0.573 e. The number of hydrogen-bond donors (Lipinski definition) is 3. The summed E-state index contributed by atoms with van der Waals surface area (Å²) in [5.41, 5.74) is 1.68. The molecule has 2 fully saturated rings. The van der Waals surface area contributed by atoms with E-state index in [4.69, 9.17) is 9.72 Å². The molecule has 3 aliphatic rings. The van der Waals surface area contributed by atoms with Gasteiger partial charge in [-0.3, -0.25) is 4.79 Å². The molecule has 40 heavy (non-hydrogen) atoms. The van der Waals surface area contributed by atoms with Gasteiger partial charge in [0.15, 0.2) is 0 Å². The Morgan fingerprint density at radius 1 is 1.20 bits per heavy atom. The Morgan fingerprint density at radius 2 is 2.00 bits per heavy atom. The van der Waals surface area contributed by atoms with Crippen molar-refractivity contribution in [1.29, 1.82) is 0 Å². The zero-order valence-corrected chi connectivity index (χ0v) is 22.1. The van der Waals surface area contributed by atoms with Gasteiger partial charge in [-0.1, -0.05) is 18.2 Å². The molecule has 8 nitrogen and oxygen atoms in total. The van der Waals surface area contributed by atoms with E-state index in [-0.39, 0.29) is 19.1 Å². The van der Waals surface area contributed by atoms with Crippen LogP contribution in [0.3, 0.4) is 0 Å². The molecule has 1 aromatic carbocycles. The molecule has 2 aromatic rings. The van der Waals surface area contributed by atoms with E-state index in [1.54, 1.807) is 6.07 Å². The van der Waals surface area contributed by atoms with Gasteiger partial charge < -0.3 is 25.2 Å². The number of alkyl halides is 3. The van der Waals surface area contributed by atoms with Crippen molar-refractivity contribution in [2.24, 2.45) is 5.92 Å². The Balaban J connectivity index is 1.04. The summed E-state index contributed by atoms with van der Waals surface area (Å²) in [5.74, 6) is -0.561. The summed E-state index contributed by atoms with van der Waals surface area (Å²) < 4.78 is 47.7. The lowest BCUT2D eigenvalue weighted by Crippen LogP contribution is -2.46. The van der Waals surface area contributed by atoms with E-state index >= 15 is 0 Å². The molecule has 1 atom stereocenters. The van der Waals surface area contributed by atoms with E-state index in [0.717, 1.165) is 62.6 Å². The third kappa shape index (κ3) is 6.86. The average Bonchev–Trinajstić information content (AvgIpc) is 3.70. The minimum Gasteiger partial charge on any atom is -0.480 e. The van der Waals surface area contributed by atoms with Crippen LogP contribution in [0.2, 0.25) is 0 Å². The number of benzene rings is 1. The van der Waals surface area contributed by atoms with E-state index in [9.17, 15) is 27.9 Å². The second-order valence-electron chi connectivity index (χ2n) is 11.0. The number of nitrogens with one attached hydrogen (secondary N) is 2. The Hall–Kier alpha value is -3.34. The van der Waals surface area contributed by atoms with Crippen molar-refractivity contribution < 1.29 is 37.3 Å². The number of anilines is 1. The minimum absolute atomic E-state index is 0.0689. The molecule has 0 spiro atoms. The highest BCUT2D eigenvalue weighted by Crippen LogP contribution is 2.49. The van der Waals surface area contributed by atoms with E-state index in [1.165, 1.54) is 17.7 Å². The van der Waals surface area contributed by atoms with Crippen molar-refractivity contribution in [1.82, 2.24) is 10.3 Å².